The van der Waals surface area contributed by atoms with E-state index in [2.05, 4.69) is 48.5 Å². The van der Waals surface area contributed by atoms with E-state index in [9.17, 15) is 0 Å². The molecule has 0 bridgehead atoms. The molecule has 3 aromatic rings. The van der Waals surface area contributed by atoms with E-state index in [4.69, 9.17) is 10.2 Å². The van der Waals surface area contributed by atoms with Crippen LogP contribution in [-0.4, -0.2) is 28.0 Å². The number of aromatic amines is 1. The number of benzene rings is 2. The molecule has 4 nitrogen and oxygen atoms in total. The first kappa shape index (κ1) is 22.4. The number of piperidine rings is 1. The lowest BCUT2D eigenvalue weighted by atomic mass is 9.85. The summed E-state index contributed by atoms with van der Waals surface area (Å²) in [6.07, 6.45) is 5.36. The molecule has 1 aliphatic carbocycles. The maximum atomic E-state index is 15.8. The van der Waals surface area contributed by atoms with Crippen molar-refractivity contribution in [2.45, 2.75) is 58.0 Å². The Morgan fingerprint density at radius 2 is 1.79 bits per heavy atom. The molecule has 0 saturated carbocycles. The standard InChI is InChI=1S/C29H31FN4/c1-19-16-20(2)25(28-32-26-6-4-5-7-27(26)33-28)17-24(19)21(3)34-14-12-29(30,13-15-34)23-10-8-22(18-31)9-11-23/h8-11,16-17H,3-7,12-15H2,1-2H3,(H,32,33). The summed E-state index contributed by atoms with van der Waals surface area (Å²) < 4.78 is 15.8. The van der Waals surface area contributed by atoms with E-state index in [1.54, 1.807) is 24.3 Å². The number of hydrogen-bond acceptors (Lipinski definition) is 3. The Bertz CT molecular complexity index is 1250. The number of hydrogen-bond donors (Lipinski definition) is 1. The van der Waals surface area contributed by atoms with Crippen molar-refractivity contribution in [2.75, 3.05) is 13.1 Å². The smallest absolute Gasteiger partial charge is 0.139 e. The summed E-state index contributed by atoms with van der Waals surface area (Å²) in [6.45, 7) is 9.87. The molecule has 1 aromatic heterocycles. The highest BCUT2D eigenvalue weighted by Gasteiger charge is 2.36. The maximum absolute atomic E-state index is 15.8. The molecule has 2 heterocycles. The number of alkyl halides is 1. The third-order valence-corrected chi connectivity index (χ3v) is 7.56. The van der Waals surface area contributed by atoms with Gasteiger partial charge in [-0.25, -0.2) is 9.37 Å². The molecule has 1 N–H and O–H groups in total. The predicted molar refractivity (Wildman–Crippen MR) is 134 cm³/mol. The number of fused-ring (bicyclic) bond motifs is 1. The van der Waals surface area contributed by atoms with Crippen LogP contribution in [0.2, 0.25) is 0 Å². The summed E-state index contributed by atoms with van der Waals surface area (Å²) in [6, 6.07) is 13.4. The minimum atomic E-state index is -1.37. The Kier molecular flexibility index (Phi) is 5.77. The van der Waals surface area contributed by atoms with Crippen molar-refractivity contribution >= 4 is 5.70 Å². The highest BCUT2D eigenvalue weighted by atomic mass is 19.1. The number of rotatable bonds is 4. The third kappa shape index (κ3) is 4.03. The van der Waals surface area contributed by atoms with Gasteiger partial charge in [-0.05, 0) is 74.4 Å². The Morgan fingerprint density at radius 1 is 1.09 bits per heavy atom. The molecule has 1 saturated heterocycles. The van der Waals surface area contributed by atoms with Crippen LogP contribution in [0.3, 0.4) is 0 Å². The predicted octanol–water partition coefficient (Wildman–Crippen LogP) is 6.38. The molecule has 2 aromatic carbocycles. The fourth-order valence-corrected chi connectivity index (χ4v) is 5.43. The van der Waals surface area contributed by atoms with E-state index in [-0.39, 0.29) is 0 Å². The summed E-state index contributed by atoms with van der Waals surface area (Å²) in [5.41, 5.74) is 7.86. The molecule has 0 spiro atoms. The molecule has 2 aliphatic rings. The van der Waals surface area contributed by atoms with Crippen molar-refractivity contribution in [1.29, 1.82) is 5.26 Å². The zero-order valence-corrected chi connectivity index (χ0v) is 20.0. The minimum absolute atomic E-state index is 0.403. The van der Waals surface area contributed by atoms with Gasteiger partial charge in [0.25, 0.3) is 0 Å². The number of aromatic nitrogens is 2. The lowest BCUT2D eigenvalue weighted by molar-refractivity contribution is 0.0794. The summed E-state index contributed by atoms with van der Waals surface area (Å²) in [5, 5.41) is 9.02. The van der Waals surface area contributed by atoms with Crippen molar-refractivity contribution in [3.05, 3.63) is 82.2 Å². The highest BCUT2D eigenvalue weighted by molar-refractivity contribution is 5.73. The number of halogens is 1. The van der Waals surface area contributed by atoms with Gasteiger partial charge in [0.1, 0.15) is 11.5 Å². The molecule has 0 atom stereocenters. The summed E-state index contributed by atoms with van der Waals surface area (Å²) in [7, 11) is 0. The van der Waals surface area contributed by atoms with Gasteiger partial charge in [0.15, 0.2) is 0 Å². The van der Waals surface area contributed by atoms with Crippen molar-refractivity contribution in [3.63, 3.8) is 0 Å². The number of likely N-dealkylation sites (tertiary alicyclic amines) is 1. The van der Waals surface area contributed by atoms with E-state index in [1.165, 1.54) is 35.4 Å². The van der Waals surface area contributed by atoms with Gasteiger partial charge in [-0.2, -0.15) is 5.26 Å². The van der Waals surface area contributed by atoms with Crippen molar-refractivity contribution in [3.8, 4) is 17.5 Å². The number of imidazole rings is 1. The second-order valence-electron chi connectivity index (χ2n) is 9.79. The van der Waals surface area contributed by atoms with Gasteiger partial charge in [-0.3, -0.25) is 0 Å². The first-order chi connectivity index (χ1) is 16.4. The molecular formula is C29H31FN4. The van der Waals surface area contributed by atoms with Gasteiger partial charge < -0.3 is 9.88 Å². The van der Waals surface area contributed by atoms with Crippen LogP contribution in [0.25, 0.3) is 17.1 Å². The van der Waals surface area contributed by atoms with E-state index in [0.717, 1.165) is 35.5 Å². The van der Waals surface area contributed by atoms with E-state index in [0.29, 0.717) is 37.1 Å². The van der Waals surface area contributed by atoms with E-state index < -0.39 is 5.67 Å². The first-order valence-corrected chi connectivity index (χ1v) is 12.2. The lowest BCUT2D eigenvalue weighted by Gasteiger charge is -2.39. The molecule has 1 fully saturated rings. The third-order valence-electron chi connectivity index (χ3n) is 7.56. The molecule has 0 radical (unpaired) electrons. The topological polar surface area (TPSA) is 55.7 Å². The zero-order valence-electron chi connectivity index (χ0n) is 20.0. The lowest BCUT2D eigenvalue weighted by Crippen LogP contribution is -2.39. The van der Waals surface area contributed by atoms with Gasteiger partial charge in [0.05, 0.1) is 17.3 Å². The zero-order chi connectivity index (χ0) is 23.9. The average Bonchev–Trinajstić information content (AvgIpc) is 3.28. The Balaban J connectivity index is 1.36. The fourth-order valence-electron chi connectivity index (χ4n) is 5.43. The van der Waals surface area contributed by atoms with Crippen LogP contribution in [0, 0.1) is 25.2 Å². The SMILES string of the molecule is C=C(c1cc(-c2nc3c([nH]2)CCCC3)c(C)cc1C)N1CCC(F)(c2ccc(C#N)cc2)CC1. The Morgan fingerprint density at radius 3 is 2.47 bits per heavy atom. The quantitative estimate of drug-likeness (QED) is 0.498. The molecule has 0 unspecified atom stereocenters. The molecule has 5 rings (SSSR count). The summed E-state index contributed by atoms with van der Waals surface area (Å²) >= 11 is 0. The van der Waals surface area contributed by atoms with Gasteiger partial charge in [-0.1, -0.05) is 24.8 Å². The molecule has 174 valence electrons. The van der Waals surface area contributed by atoms with Gasteiger partial charge >= 0.3 is 0 Å². The molecule has 34 heavy (non-hydrogen) atoms. The molecule has 0 amide bonds. The first-order valence-electron chi connectivity index (χ1n) is 12.2. The van der Waals surface area contributed by atoms with Gasteiger partial charge in [0.2, 0.25) is 0 Å². The second kappa shape index (κ2) is 8.76. The van der Waals surface area contributed by atoms with E-state index >= 15 is 4.39 Å². The number of nitrogens with one attached hydrogen (secondary N) is 1. The van der Waals surface area contributed by atoms with Crippen LogP contribution in [0.15, 0.2) is 43.0 Å². The van der Waals surface area contributed by atoms with Gasteiger partial charge in [0, 0.05) is 48.4 Å². The normalized spacial score (nSPS) is 17.2. The van der Waals surface area contributed by atoms with E-state index in [1.807, 2.05) is 0 Å². The van der Waals surface area contributed by atoms with Crippen molar-refractivity contribution in [1.82, 2.24) is 14.9 Å². The number of nitriles is 1. The van der Waals surface area contributed by atoms with Crippen LogP contribution >= 0.6 is 0 Å². The highest BCUT2D eigenvalue weighted by Crippen LogP contribution is 2.40. The molecule has 5 heteroatoms. The average molecular weight is 455 g/mol. The monoisotopic (exact) mass is 454 g/mol. The Hall–Kier alpha value is -3.39. The molecule has 1 aliphatic heterocycles. The minimum Gasteiger partial charge on any atom is -0.371 e. The van der Waals surface area contributed by atoms with Crippen LogP contribution in [0.1, 0.15) is 64.9 Å². The van der Waals surface area contributed by atoms with Gasteiger partial charge in [-0.15, -0.1) is 0 Å². The molecular weight excluding hydrogens is 423 g/mol. The van der Waals surface area contributed by atoms with Crippen molar-refractivity contribution < 1.29 is 4.39 Å². The van der Waals surface area contributed by atoms with Crippen LogP contribution < -0.4 is 0 Å². The fraction of sp³-hybridized carbons (Fsp3) is 0.379. The van der Waals surface area contributed by atoms with Crippen LogP contribution in [0.5, 0.6) is 0 Å². The largest absolute Gasteiger partial charge is 0.371 e. The van der Waals surface area contributed by atoms with Crippen LogP contribution in [0.4, 0.5) is 4.39 Å². The number of H-pyrrole nitrogens is 1. The summed E-state index contributed by atoms with van der Waals surface area (Å²) in [5.74, 6) is 0.945. The van der Waals surface area contributed by atoms with Crippen molar-refractivity contribution in [2.24, 2.45) is 0 Å². The number of aryl methyl sites for hydroxylation is 4. The maximum Gasteiger partial charge on any atom is 0.139 e. The number of nitrogens with zero attached hydrogens (tertiary/aromatic N) is 3. The second-order valence-corrected chi connectivity index (χ2v) is 9.79. The Labute approximate surface area is 201 Å². The van der Waals surface area contributed by atoms with Crippen LogP contribution in [-0.2, 0) is 18.5 Å². The summed E-state index contributed by atoms with van der Waals surface area (Å²) in [4.78, 5) is 10.7.